The van der Waals surface area contributed by atoms with Gasteiger partial charge in [0.1, 0.15) is 6.67 Å². The molecule has 0 saturated carbocycles. The van der Waals surface area contributed by atoms with Crippen LogP contribution in [0.1, 0.15) is 12.5 Å². The lowest BCUT2D eigenvalue weighted by Gasteiger charge is -2.24. The molecule has 1 unspecified atom stereocenters. The number of non-ortho nitro benzene ring substituents is 1. The van der Waals surface area contributed by atoms with E-state index in [1.54, 1.807) is 22.8 Å². The van der Waals surface area contributed by atoms with E-state index in [-0.39, 0.29) is 16.7 Å². The largest absolute Gasteiger partial charge is 0.421 e. The minimum Gasteiger partial charge on any atom is -0.408 e. The van der Waals surface area contributed by atoms with Gasteiger partial charge in [-0.25, -0.2) is 4.79 Å². The highest BCUT2D eigenvalue weighted by atomic mass is 16.6. The summed E-state index contributed by atoms with van der Waals surface area (Å²) < 4.78 is 6.86. The Hall–Kier alpha value is -3.09. The summed E-state index contributed by atoms with van der Waals surface area (Å²) in [6.45, 7) is 2.39. The van der Waals surface area contributed by atoms with Crippen LogP contribution < -0.4 is 10.7 Å². The lowest BCUT2D eigenvalue weighted by Crippen LogP contribution is -2.34. The number of oxazole rings is 1. The third-order valence-corrected chi connectivity index (χ3v) is 4.50. The van der Waals surface area contributed by atoms with Crippen molar-refractivity contribution in [3.63, 3.8) is 0 Å². The van der Waals surface area contributed by atoms with Crippen LogP contribution >= 0.6 is 0 Å². The second kappa shape index (κ2) is 5.23. The third kappa shape index (κ3) is 2.17. The van der Waals surface area contributed by atoms with E-state index in [0.29, 0.717) is 18.7 Å². The standard InChI is InChI=1S/C17H15N3O4/c1-11-8-12-9-13(20(22)23)6-7-14(12)18(11)10-19-15-4-2-3-5-16(15)24-17(19)21/h2-7,9,11H,8,10H2,1H3. The first-order chi connectivity index (χ1) is 11.5. The fourth-order valence-electron chi connectivity index (χ4n) is 3.31. The highest BCUT2D eigenvalue weighted by molar-refractivity contribution is 5.73. The lowest BCUT2D eigenvalue weighted by atomic mass is 10.1. The van der Waals surface area contributed by atoms with E-state index in [9.17, 15) is 14.9 Å². The second-order valence-corrected chi connectivity index (χ2v) is 6.00. The Kier molecular flexibility index (Phi) is 3.16. The van der Waals surface area contributed by atoms with Gasteiger partial charge < -0.3 is 9.32 Å². The number of anilines is 1. The fourth-order valence-corrected chi connectivity index (χ4v) is 3.31. The first-order valence-electron chi connectivity index (χ1n) is 7.67. The normalized spacial score (nSPS) is 16.5. The Bertz CT molecular complexity index is 1000. The van der Waals surface area contributed by atoms with Crippen LogP contribution in [0, 0.1) is 10.1 Å². The van der Waals surface area contributed by atoms with Crippen LogP contribution in [0.4, 0.5) is 11.4 Å². The fraction of sp³-hybridized carbons (Fsp3) is 0.235. The van der Waals surface area contributed by atoms with Crippen molar-refractivity contribution in [2.75, 3.05) is 4.90 Å². The van der Waals surface area contributed by atoms with Gasteiger partial charge in [0.05, 0.1) is 10.4 Å². The Morgan fingerprint density at radius 2 is 2.08 bits per heavy atom. The van der Waals surface area contributed by atoms with Crippen LogP contribution in [0.25, 0.3) is 11.1 Å². The van der Waals surface area contributed by atoms with Crippen molar-refractivity contribution in [1.29, 1.82) is 0 Å². The SMILES string of the molecule is CC1Cc2cc([N+](=O)[O-])ccc2N1Cn1c(=O)oc2ccccc21. The van der Waals surface area contributed by atoms with Gasteiger partial charge in [0.2, 0.25) is 0 Å². The molecule has 7 heteroatoms. The second-order valence-electron chi connectivity index (χ2n) is 6.00. The van der Waals surface area contributed by atoms with Crippen LogP contribution in [-0.4, -0.2) is 15.5 Å². The van der Waals surface area contributed by atoms with Crippen molar-refractivity contribution >= 4 is 22.5 Å². The van der Waals surface area contributed by atoms with Gasteiger partial charge >= 0.3 is 5.76 Å². The highest BCUT2D eigenvalue weighted by Crippen LogP contribution is 2.35. The Balaban J connectivity index is 1.74. The molecule has 1 atom stereocenters. The van der Waals surface area contributed by atoms with Crippen molar-refractivity contribution in [3.05, 3.63) is 68.7 Å². The smallest absolute Gasteiger partial charge is 0.408 e. The molecule has 2 heterocycles. The van der Waals surface area contributed by atoms with Crippen LogP contribution in [-0.2, 0) is 13.1 Å². The van der Waals surface area contributed by atoms with Gasteiger partial charge in [-0.15, -0.1) is 0 Å². The number of fused-ring (bicyclic) bond motifs is 2. The molecule has 0 fully saturated rings. The van der Waals surface area contributed by atoms with Crippen LogP contribution in [0.5, 0.6) is 0 Å². The minimum atomic E-state index is -0.404. The van der Waals surface area contributed by atoms with Crippen LogP contribution in [0.3, 0.4) is 0 Å². The highest BCUT2D eigenvalue weighted by Gasteiger charge is 2.28. The van der Waals surface area contributed by atoms with Gasteiger partial charge in [0, 0.05) is 23.9 Å². The van der Waals surface area contributed by atoms with Gasteiger partial charge in [-0.05, 0) is 37.1 Å². The van der Waals surface area contributed by atoms with Gasteiger partial charge in [0.15, 0.2) is 5.58 Å². The summed E-state index contributed by atoms with van der Waals surface area (Å²) in [5, 5.41) is 10.9. The predicted octanol–water partition coefficient (Wildman–Crippen LogP) is 2.91. The van der Waals surface area contributed by atoms with Gasteiger partial charge in [-0.1, -0.05) is 12.1 Å². The number of nitro groups is 1. The molecular formula is C17H15N3O4. The van der Waals surface area contributed by atoms with E-state index < -0.39 is 5.76 Å². The Morgan fingerprint density at radius 1 is 1.29 bits per heavy atom. The zero-order valence-corrected chi connectivity index (χ0v) is 13.0. The molecule has 4 rings (SSSR count). The average Bonchev–Trinajstić information content (AvgIpc) is 3.04. The summed E-state index contributed by atoms with van der Waals surface area (Å²) in [7, 11) is 0. The maximum atomic E-state index is 12.2. The predicted molar refractivity (Wildman–Crippen MR) is 89.2 cm³/mol. The molecule has 0 amide bonds. The number of aromatic nitrogens is 1. The summed E-state index contributed by atoms with van der Waals surface area (Å²) in [4.78, 5) is 24.8. The van der Waals surface area contributed by atoms with Crippen molar-refractivity contribution < 1.29 is 9.34 Å². The molecule has 0 aliphatic carbocycles. The van der Waals surface area contributed by atoms with Gasteiger partial charge in [-0.3, -0.25) is 14.7 Å². The lowest BCUT2D eigenvalue weighted by molar-refractivity contribution is -0.384. The molecule has 24 heavy (non-hydrogen) atoms. The quantitative estimate of drug-likeness (QED) is 0.546. The summed E-state index contributed by atoms with van der Waals surface area (Å²) in [6, 6.07) is 12.3. The van der Waals surface area contributed by atoms with Crippen molar-refractivity contribution in [2.45, 2.75) is 26.1 Å². The van der Waals surface area contributed by atoms with Crippen LogP contribution in [0.15, 0.2) is 51.7 Å². The number of hydrogen-bond acceptors (Lipinski definition) is 5. The van der Waals surface area contributed by atoms with E-state index in [2.05, 4.69) is 4.90 Å². The summed E-state index contributed by atoms with van der Waals surface area (Å²) in [5.74, 6) is -0.404. The minimum absolute atomic E-state index is 0.0914. The Labute approximate surface area is 136 Å². The topological polar surface area (TPSA) is 81.5 Å². The van der Waals surface area contributed by atoms with E-state index in [1.165, 1.54) is 6.07 Å². The molecular weight excluding hydrogens is 310 g/mol. The monoisotopic (exact) mass is 325 g/mol. The molecule has 1 aliphatic heterocycles. The maximum absolute atomic E-state index is 12.2. The first-order valence-corrected chi connectivity index (χ1v) is 7.67. The molecule has 0 spiro atoms. The third-order valence-electron chi connectivity index (χ3n) is 4.50. The van der Waals surface area contributed by atoms with Crippen molar-refractivity contribution in [2.24, 2.45) is 0 Å². The number of benzene rings is 2. The van der Waals surface area contributed by atoms with Gasteiger partial charge in [-0.2, -0.15) is 0 Å². The maximum Gasteiger partial charge on any atom is 0.421 e. The van der Waals surface area contributed by atoms with E-state index in [0.717, 1.165) is 16.8 Å². The van der Waals surface area contributed by atoms with Crippen molar-refractivity contribution in [1.82, 2.24) is 4.57 Å². The molecule has 1 aliphatic rings. The number of hydrogen-bond donors (Lipinski definition) is 0. The molecule has 2 aromatic carbocycles. The molecule has 0 radical (unpaired) electrons. The average molecular weight is 325 g/mol. The van der Waals surface area contributed by atoms with Gasteiger partial charge in [0.25, 0.3) is 5.69 Å². The number of rotatable bonds is 3. The number of nitro benzene ring substituents is 1. The van der Waals surface area contributed by atoms with Crippen molar-refractivity contribution in [3.8, 4) is 0 Å². The molecule has 3 aromatic rings. The molecule has 0 N–H and O–H groups in total. The zero-order valence-electron chi connectivity index (χ0n) is 13.0. The molecule has 0 saturated heterocycles. The number of nitrogens with zero attached hydrogens (tertiary/aromatic N) is 3. The summed E-state index contributed by atoms with van der Waals surface area (Å²) in [5.41, 5.74) is 3.24. The summed E-state index contributed by atoms with van der Waals surface area (Å²) in [6.07, 6.45) is 0.710. The Morgan fingerprint density at radius 3 is 2.88 bits per heavy atom. The van der Waals surface area contributed by atoms with E-state index in [4.69, 9.17) is 4.42 Å². The van der Waals surface area contributed by atoms with Crippen LogP contribution in [0.2, 0.25) is 0 Å². The van der Waals surface area contributed by atoms with E-state index >= 15 is 0 Å². The zero-order chi connectivity index (χ0) is 16.8. The molecule has 1 aromatic heterocycles. The molecule has 122 valence electrons. The first kappa shape index (κ1) is 14.5. The number of para-hydroxylation sites is 2. The molecule has 0 bridgehead atoms. The molecule has 7 nitrogen and oxygen atoms in total. The van der Waals surface area contributed by atoms with E-state index in [1.807, 2.05) is 25.1 Å². The summed E-state index contributed by atoms with van der Waals surface area (Å²) >= 11 is 0.